The van der Waals surface area contributed by atoms with Crippen molar-refractivity contribution in [3.8, 4) is 0 Å². The van der Waals surface area contributed by atoms with Crippen molar-refractivity contribution < 1.29 is 4.79 Å². The minimum atomic E-state index is -0.283. The van der Waals surface area contributed by atoms with Crippen molar-refractivity contribution in [1.82, 2.24) is 0 Å². The molecule has 1 N–H and O–H groups in total. The van der Waals surface area contributed by atoms with Gasteiger partial charge in [-0.25, -0.2) is 10.9 Å². The summed E-state index contributed by atoms with van der Waals surface area (Å²) in [5.74, 6) is -0.161. The van der Waals surface area contributed by atoms with E-state index in [0.29, 0.717) is 5.56 Å². The van der Waals surface area contributed by atoms with Crippen molar-refractivity contribution in [3.63, 3.8) is 0 Å². The van der Waals surface area contributed by atoms with Gasteiger partial charge in [-0.15, -0.1) is 0 Å². The van der Waals surface area contributed by atoms with Crippen LogP contribution in [-0.4, -0.2) is 24.0 Å². The quantitative estimate of drug-likeness (QED) is 0.700. The zero-order valence-electron chi connectivity index (χ0n) is 8.74. The lowest BCUT2D eigenvalue weighted by Crippen LogP contribution is -2.17. The molecule has 78 valence electrons. The molecule has 0 fully saturated rings. The molecule has 1 aliphatic rings. The maximum absolute atomic E-state index is 11.7. The predicted octanol–water partition coefficient (Wildman–Crippen LogP) is 2.50. The smallest absolute Gasteiger partial charge is 0.211 e. The minimum Gasteiger partial charge on any atom is -0.297 e. The molecule has 0 saturated heterocycles. The molecule has 1 aromatic carbocycles. The SMILES string of the molecule is C[SH](C)C1=CC(=N)C(=O)c2ccccc21. The van der Waals surface area contributed by atoms with Crippen LogP contribution >= 0.6 is 10.9 Å². The van der Waals surface area contributed by atoms with Crippen molar-refractivity contribution in [2.75, 3.05) is 12.5 Å². The van der Waals surface area contributed by atoms with E-state index in [2.05, 4.69) is 12.5 Å². The number of fused-ring (bicyclic) bond motifs is 1. The fraction of sp³-hybridized carbons (Fsp3) is 0.167. The van der Waals surface area contributed by atoms with Crippen molar-refractivity contribution in [3.05, 3.63) is 41.5 Å². The van der Waals surface area contributed by atoms with Crippen LogP contribution in [0.25, 0.3) is 4.91 Å². The van der Waals surface area contributed by atoms with E-state index in [1.807, 2.05) is 18.2 Å². The van der Waals surface area contributed by atoms with E-state index in [4.69, 9.17) is 5.41 Å². The summed E-state index contributed by atoms with van der Waals surface area (Å²) in [4.78, 5) is 12.9. The Balaban J connectivity index is 2.66. The number of ketones is 1. The van der Waals surface area contributed by atoms with Gasteiger partial charge in [0.25, 0.3) is 0 Å². The fourth-order valence-electron chi connectivity index (χ4n) is 1.70. The number of thiol groups is 1. The third-order valence-electron chi connectivity index (χ3n) is 2.46. The van der Waals surface area contributed by atoms with E-state index < -0.39 is 0 Å². The van der Waals surface area contributed by atoms with Crippen LogP contribution in [0.2, 0.25) is 0 Å². The average molecular weight is 219 g/mol. The largest absolute Gasteiger partial charge is 0.297 e. The van der Waals surface area contributed by atoms with Crippen molar-refractivity contribution in [2.45, 2.75) is 0 Å². The molecule has 0 heterocycles. The van der Waals surface area contributed by atoms with Crippen LogP contribution in [-0.2, 0) is 0 Å². The molecule has 2 rings (SSSR count). The van der Waals surface area contributed by atoms with Crippen LogP contribution < -0.4 is 0 Å². The Hall–Kier alpha value is -1.35. The van der Waals surface area contributed by atoms with Crippen LogP contribution in [0.15, 0.2) is 30.3 Å². The first-order valence-electron chi connectivity index (χ1n) is 4.73. The normalized spacial score (nSPS) is 15.9. The van der Waals surface area contributed by atoms with Gasteiger partial charge in [0.05, 0.1) is 0 Å². The number of hydrogen-bond donors (Lipinski definition) is 2. The summed E-state index contributed by atoms with van der Waals surface area (Å²) < 4.78 is 0. The number of rotatable bonds is 1. The number of benzene rings is 1. The summed E-state index contributed by atoms with van der Waals surface area (Å²) >= 11 is 0. The lowest BCUT2D eigenvalue weighted by atomic mass is 9.95. The van der Waals surface area contributed by atoms with Crippen LogP contribution in [0.5, 0.6) is 0 Å². The highest BCUT2D eigenvalue weighted by Crippen LogP contribution is 2.39. The molecular formula is C12H13NOS. The van der Waals surface area contributed by atoms with Crippen molar-refractivity contribution in [1.29, 1.82) is 5.41 Å². The summed E-state index contributed by atoms with van der Waals surface area (Å²) in [5.41, 5.74) is 1.80. The van der Waals surface area contributed by atoms with Gasteiger partial charge >= 0.3 is 0 Å². The molecule has 0 aliphatic heterocycles. The minimum absolute atomic E-state index is 0.111. The monoisotopic (exact) mass is 219 g/mol. The van der Waals surface area contributed by atoms with E-state index >= 15 is 0 Å². The van der Waals surface area contributed by atoms with Gasteiger partial charge in [-0.2, -0.15) is 0 Å². The van der Waals surface area contributed by atoms with E-state index in [-0.39, 0.29) is 22.4 Å². The Morgan fingerprint density at radius 1 is 1.13 bits per heavy atom. The third-order valence-corrected chi connectivity index (χ3v) is 3.79. The Bertz CT molecular complexity index is 474. The molecule has 1 aromatic rings. The fourth-order valence-corrected chi connectivity index (χ4v) is 2.76. The first-order valence-corrected chi connectivity index (χ1v) is 6.96. The molecule has 15 heavy (non-hydrogen) atoms. The van der Waals surface area contributed by atoms with Gasteiger partial charge in [-0.1, -0.05) is 24.3 Å². The summed E-state index contributed by atoms with van der Waals surface area (Å²) in [6.07, 6.45) is 6.00. The van der Waals surface area contributed by atoms with Gasteiger partial charge in [0.1, 0.15) is 5.71 Å². The van der Waals surface area contributed by atoms with E-state index in [1.165, 1.54) is 0 Å². The Labute approximate surface area is 91.9 Å². The van der Waals surface area contributed by atoms with E-state index in [1.54, 1.807) is 12.1 Å². The number of Topliss-reactive ketones (excluding diaryl/α,β-unsaturated/α-hetero) is 1. The molecule has 0 bridgehead atoms. The summed E-state index contributed by atoms with van der Waals surface area (Å²) in [6, 6.07) is 7.56. The van der Waals surface area contributed by atoms with Crippen LogP contribution in [0.3, 0.4) is 0 Å². The lowest BCUT2D eigenvalue weighted by molar-refractivity contribution is 0.106. The standard InChI is InChI=1S/C12H13NOS/c1-15(2)11-7-10(13)12(14)9-6-4-3-5-8(9)11/h3-7,13,15H,1-2H3. The van der Waals surface area contributed by atoms with Crippen molar-refractivity contribution in [2.24, 2.45) is 0 Å². The highest BCUT2D eigenvalue weighted by Gasteiger charge is 2.22. The molecule has 0 aromatic heterocycles. The molecule has 0 radical (unpaired) electrons. The number of carbonyl (C=O) groups is 1. The average Bonchev–Trinajstić information content (AvgIpc) is 2.23. The zero-order valence-corrected chi connectivity index (χ0v) is 9.64. The molecule has 2 nitrogen and oxygen atoms in total. The second-order valence-corrected chi connectivity index (χ2v) is 5.98. The Kier molecular flexibility index (Phi) is 2.49. The molecule has 0 atom stereocenters. The van der Waals surface area contributed by atoms with Gasteiger partial charge in [0.15, 0.2) is 0 Å². The highest BCUT2D eigenvalue weighted by atomic mass is 32.2. The molecule has 1 aliphatic carbocycles. The zero-order chi connectivity index (χ0) is 11.0. The van der Waals surface area contributed by atoms with E-state index in [9.17, 15) is 4.79 Å². The van der Waals surface area contributed by atoms with Gasteiger partial charge in [-0.05, 0) is 29.1 Å². The molecular weight excluding hydrogens is 206 g/mol. The van der Waals surface area contributed by atoms with Crippen LogP contribution in [0, 0.1) is 5.41 Å². The first kappa shape index (κ1) is 10.2. The van der Waals surface area contributed by atoms with Gasteiger partial charge in [0.2, 0.25) is 5.78 Å². The Morgan fingerprint density at radius 2 is 1.73 bits per heavy atom. The van der Waals surface area contributed by atoms with Gasteiger partial charge in [0, 0.05) is 5.56 Å². The van der Waals surface area contributed by atoms with E-state index in [0.717, 1.165) is 10.5 Å². The second-order valence-electron chi connectivity index (χ2n) is 3.71. The molecule has 0 amide bonds. The number of allylic oxidation sites excluding steroid dienone is 1. The lowest BCUT2D eigenvalue weighted by Gasteiger charge is -2.21. The summed E-state index contributed by atoms with van der Waals surface area (Å²) in [7, 11) is -0.283. The molecule has 3 heteroatoms. The topological polar surface area (TPSA) is 40.9 Å². The predicted molar refractivity (Wildman–Crippen MR) is 67.3 cm³/mol. The van der Waals surface area contributed by atoms with Crippen molar-refractivity contribution >= 4 is 27.3 Å². The second kappa shape index (κ2) is 3.66. The third kappa shape index (κ3) is 1.63. The molecule has 0 unspecified atom stereocenters. The Morgan fingerprint density at radius 3 is 2.33 bits per heavy atom. The summed E-state index contributed by atoms with van der Waals surface area (Å²) in [6.45, 7) is 0. The maximum atomic E-state index is 11.7. The van der Waals surface area contributed by atoms with Crippen LogP contribution in [0.1, 0.15) is 15.9 Å². The van der Waals surface area contributed by atoms with Gasteiger partial charge in [-0.3, -0.25) is 10.2 Å². The van der Waals surface area contributed by atoms with Gasteiger partial charge < -0.3 is 0 Å². The number of hydrogen-bond acceptors (Lipinski definition) is 2. The highest BCUT2D eigenvalue weighted by molar-refractivity contribution is 8.24. The number of nitrogens with one attached hydrogen (secondary N) is 1. The summed E-state index contributed by atoms with van der Waals surface area (Å²) in [5, 5.41) is 7.63. The number of carbonyl (C=O) groups excluding carboxylic acids is 1. The maximum Gasteiger partial charge on any atom is 0.211 e. The molecule has 0 spiro atoms. The van der Waals surface area contributed by atoms with Crippen LogP contribution in [0.4, 0.5) is 0 Å². The first-order chi connectivity index (χ1) is 7.11. The molecule has 0 saturated carbocycles.